The third-order valence-corrected chi connectivity index (χ3v) is 3.93. The van der Waals surface area contributed by atoms with Gasteiger partial charge in [0.25, 0.3) is 0 Å². The summed E-state index contributed by atoms with van der Waals surface area (Å²) in [6.07, 6.45) is 0.241. The Kier molecular flexibility index (Phi) is 8.04. The normalized spacial score (nSPS) is 22.7. The van der Waals surface area contributed by atoms with Crippen LogP contribution >= 0.6 is 0 Å². The molecule has 124 valence electrons. The van der Waals surface area contributed by atoms with Crippen LogP contribution in [0.2, 0.25) is 0 Å². The van der Waals surface area contributed by atoms with Crippen molar-refractivity contribution in [2.45, 2.75) is 46.8 Å². The first-order valence-electron chi connectivity index (χ1n) is 8.23. The van der Waals surface area contributed by atoms with Crippen molar-refractivity contribution in [3.63, 3.8) is 0 Å². The first-order valence-corrected chi connectivity index (χ1v) is 8.23. The van der Waals surface area contributed by atoms with Gasteiger partial charge < -0.3 is 15.4 Å². The molecule has 1 aliphatic rings. The summed E-state index contributed by atoms with van der Waals surface area (Å²) >= 11 is 0. The van der Waals surface area contributed by atoms with E-state index in [2.05, 4.69) is 55.1 Å². The van der Waals surface area contributed by atoms with Crippen LogP contribution in [0.4, 0.5) is 0 Å². The number of nitrogens with zero attached hydrogens (tertiary/aromatic N) is 2. The van der Waals surface area contributed by atoms with Gasteiger partial charge in [0.1, 0.15) is 0 Å². The largest absolute Gasteiger partial charge is 0.374 e. The molecule has 0 aromatic carbocycles. The maximum absolute atomic E-state index is 5.85. The molecule has 0 aromatic heterocycles. The fourth-order valence-corrected chi connectivity index (χ4v) is 2.37. The predicted molar refractivity (Wildman–Crippen MR) is 89.8 cm³/mol. The standard InChI is InChI=1S/C16H34N4O/c1-12(2)10-20-7-8-21-15(11-20)9-18-16(17-6)19-14(5)13(3)4/h12-15H,7-11H2,1-6H3,(H2,17,18,19). The highest BCUT2D eigenvalue weighted by Crippen LogP contribution is 2.07. The average molecular weight is 298 g/mol. The molecule has 0 aliphatic carbocycles. The zero-order valence-electron chi connectivity index (χ0n) is 14.6. The molecular weight excluding hydrogens is 264 g/mol. The summed E-state index contributed by atoms with van der Waals surface area (Å²) in [4.78, 5) is 6.78. The molecule has 2 atom stereocenters. The number of hydrogen-bond donors (Lipinski definition) is 2. The highest BCUT2D eigenvalue weighted by atomic mass is 16.5. The monoisotopic (exact) mass is 298 g/mol. The summed E-state index contributed by atoms with van der Waals surface area (Å²) in [5, 5.41) is 6.80. The maximum Gasteiger partial charge on any atom is 0.191 e. The quantitative estimate of drug-likeness (QED) is 0.577. The molecule has 0 radical (unpaired) electrons. The summed E-state index contributed by atoms with van der Waals surface area (Å²) in [6.45, 7) is 16.0. The van der Waals surface area contributed by atoms with Crippen LogP contribution in [0, 0.1) is 11.8 Å². The Morgan fingerprint density at radius 1 is 1.29 bits per heavy atom. The van der Waals surface area contributed by atoms with Crippen molar-refractivity contribution in [1.82, 2.24) is 15.5 Å². The molecule has 21 heavy (non-hydrogen) atoms. The number of ether oxygens (including phenoxy) is 1. The fourth-order valence-electron chi connectivity index (χ4n) is 2.37. The van der Waals surface area contributed by atoms with Gasteiger partial charge in [0.05, 0.1) is 12.7 Å². The smallest absolute Gasteiger partial charge is 0.191 e. The predicted octanol–water partition coefficient (Wildman–Crippen LogP) is 1.55. The van der Waals surface area contributed by atoms with Crippen molar-refractivity contribution in [1.29, 1.82) is 0 Å². The van der Waals surface area contributed by atoms with Gasteiger partial charge in [0.2, 0.25) is 0 Å². The molecule has 2 unspecified atom stereocenters. The molecule has 1 fully saturated rings. The second-order valence-corrected chi connectivity index (χ2v) is 6.78. The second kappa shape index (κ2) is 9.26. The molecule has 1 heterocycles. The van der Waals surface area contributed by atoms with Crippen molar-refractivity contribution in [2.75, 3.05) is 39.8 Å². The molecule has 1 saturated heterocycles. The van der Waals surface area contributed by atoms with Crippen LogP contribution in [0.5, 0.6) is 0 Å². The van der Waals surface area contributed by atoms with Crippen LogP contribution < -0.4 is 10.6 Å². The molecule has 5 heteroatoms. The van der Waals surface area contributed by atoms with Crippen LogP contribution in [0.25, 0.3) is 0 Å². The molecule has 1 rings (SSSR count). The van der Waals surface area contributed by atoms with E-state index in [4.69, 9.17) is 4.74 Å². The molecule has 0 bridgehead atoms. The molecule has 1 aliphatic heterocycles. The Balaban J connectivity index is 2.35. The van der Waals surface area contributed by atoms with E-state index in [1.54, 1.807) is 0 Å². The van der Waals surface area contributed by atoms with E-state index < -0.39 is 0 Å². The first-order chi connectivity index (χ1) is 9.92. The molecule has 0 aromatic rings. The van der Waals surface area contributed by atoms with Gasteiger partial charge in [-0.1, -0.05) is 27.7 Å². The molecule has 5 nitrogen and oxygen atoms in total. The third-order valence-electron chi connectivity index (χ3n) is 3.93. The van der Waals surface area contributed by atoms with Crippen molar-refractivity contribution in [3.05, 3.63) is 0 Å². The van der Waals surface area contributed by atoms with E-state index in [1.165, 1.54) is 0 Å². The Hall–Kier alpha value is -0.810. The Morgan fingerprint density at radius 2 is 2.00 bits per heavy atom. The zero-order valence-corrected chi connectivity index (χ0v) is 14.6. The lowest BCUT2D eigenvalue weighted by atomic mass is 10.1. The first kappa shape index (κ1) is 18.2. The van der Waals surface area contributed by atoms with E-state index in [9.17, 15) is 0 Å². The third kappa shape index (κ3) is 7.14. The number of guanidine groups is 1. The second-order valence-electron chi connectivity index (χ2n) is 6.78. The lowest BCUT2D eigenvalue weighted by Gasteiger charge is -2.34. The SMILES string of the molecule is CN=C(NCC1CN(CC(C)C)CCO1)NC(C)C(C)C. The van der Waals surface area contributed by atoms with Crippen molar-refractivity contribution >= 4 is 5.96 Å². The highest BCUT2D eigenvalue weighted by Gasteiger charge is 2.21. The van der Waals surface area contributed by atoms with E-state index in [0.29, 0.717) is 17.9 Å². The minimum atomic E-state index is 0.241. The van der Waals surface area contributed by atoms with Gasteiger partial charge in [0.15, 0.2) is 5.96 Å². The summed E-state index contributed by atoms with van der Waals surface area (Å²) in [6, 6.07) is 0.404. The van der Waals surface area contributed by atoms with Crippen LogP contribution in [-0.4, -0.2) is 62.8 Å². The fraction of sp³-hybridized carbons (Fsp3) is 0.938. The topological polar surface area (TPSA) is 48.9 Å². The Bertz CT molecular complexity index is 317. The number of nitrogens with one attached hydrogen (secondary N) is 2. The van der Waals surface area contributed by atoms with Gasteiger partial charge in [-0.15, -0.1) is 0 Å². The van der Waals surface area contributed by atoms with Crippen LogP contribution in [0.15, 0.2) is 4.99 Å². The summed E-state index contributed by atoms with van der Waals surface area (Å²) in [5.41, 5.74) is 0. The van der Waals surface area contributed by atoms with Crippen molar-refractivity contribution < 1.29 is 4.74 Å². The molecule has 0 saturated carbocycles. The van der Waals surface area contributed by atoms with E-state index in [1.807, 2.05) is 7.05 Å². The molecule has 0 amide bonds. The number of rotatable bonds is 6. The average Bonchev–Trinajstić information content (AvgIpc) is 2.42. The van der Waals surface area contributed by atoms with E-state index >= 15 is 0 Å². The summed E-state index contributed by atoms with van der Waals surface area (Å²) < 4.78 is 5.85. The molecule has 0 spiro atoms. The lowest BCUT2D eigenvalue weighted by Crippen LogP contribution is -2.51. The van der Waals surface area contributed by atoms with E-state index in [-0.39, 0.29) is 6.10 Å². The lowest BCUT2D eigenvalue weighted by molar-refractivity contribution is -0.0284. The van der Waals surface area contributed by atoms with E-state index in [0.717, 1.165) is 38.7 Å². The van der Waals surface area contributed by atoms with Crippen molar-refractivity contribution in [2.24, 2.45) is 16.8 Å². The van der Waals surface area contributed by atoms with Crippen LogP contribution in [-0.2, 0) is 4.74 Å². The number of aliphatic imine (C=N–C) groups is 1. The number of morpholine rings is 1. The highest BCUT2D eigenvalue weighted by molar-refractivity contribution is 5.79. The van der Waals surface area contributed by atoms with Gasteiger partial charge in [-0.05, 0) is 18.8 Å². The minimum Gasteiger partial charge on any atom is -0.374 e. The van der Waals surface area contributed by atoms with Gasteiger partial charge in [-0.25, -0.2) is 0 Å². The molecule has 2 N–H and O–H groups in total. The van der Waals surface area contributed by atoms with Crippen LogP contribution in [0.1, 0.15) is 34.6 Å². The summed E-state index contributed by atoms with van der Waals surface area (Å²) in [7, 11) is 1.81. The van der Waals surface area contributed by atoms with Gasteiger partial charge in [-0.2, -0.15) is 0 Å². The number of hydrogen-bond acceptors (Lipinski definition) is 3. The van der Waals surface area contributed by atoms with Crippen molar-refractivity contribution in [3.8, 4) is 0 Å². The van der Waals surface area contributed by atoms with Crippen LogP contribution in [0.3, 0.4) is 0 Å². The van der Waals surface area contributed by atoms with Gasteiger partial charge >= 0.3 is 0 Å². The Morgan fingerprint density at radius 3 is 2.57 bits per heavy atom. The van der Waals surface area contributed by atoms with Gasteiger partial charge in [-0.3, -0.25) is 9.89 Å². The molecular formula is C16H34N4O. The Labute approximate surface area is 130 Å². The van der Waals surface area contributed by atoms with Gasteiger partial charge in [0, 0.05) is 39.3 Å². The summed E-state index contributed by atoms with van der Waals surface area (Å²) in [5.74, 6) is 2.15. The maximum atomic E-state index is 5.85. The zero-order chi connectivity index (χ0) is 15.8. The minimum absolute atomic E-state index is 0.241.